The number of carbonyl (C=O) groups is 1. The van der Waals surface area contributed by atoms with Gasteiger partial charge in [0.1, 0.15) is 12.1 Å². The fourth-order valence-electron chi connectivity index (χ4n) is 3.04. The predicted octanol–water partition coefficient (Wildman–Crippen LogP) is 3.38. The van der Waals surface area contributed by atoms with Crippen molar-refractivity contribution in [1.82, 2.24) is 15.0 Å². The molecular formula is C19H23N3O3. The molecule has 2 atom stereocenters. The molecule has 6 heteroatoms. The van der Waals surface area contributed by atoms with E-state index in [0.29, 0.717) is 24.9 Å². The molecule has 1 amide bonds. The Kier molecular flexibility index (Phi) is 5.60. The lowest BCUT2D eigenvalue weighted by Gasteiger charge is -2.34. The molecule has 0 saturated carbocycles. The minimum Gasteiger partial charge on any atom is -0.365 e. The molecule has 0 unspecified atom stereocenters. The minimum atomic E-state index is -0.518. The maximum Gasteiger partial charge on any atom is 0.252 e. The Morgan fingerprint density at radius 2 is 2.24 bits per heavy atom. The summed E-state index contributed by atoms with van der Waals surface area (Å²) in [5, 5.41) is 4.08. The second-order valence-corrected chi connectivity index (χ2v) is 6.13. The summed E-state index contributed by atoms with van der Waals surface area (Å²) in [6.45, 7) is 6.41. The maximum absolute atomic E-state index is 12.7. The fourth-order valence-corrected chi connectivity index (χ4v) is 3.04. The van der Waals surface area contributed by atoms with Gasteiger partial charge in [-0.15, -0.1) is 6.58 Å². The molecule has 1 aliphatic heterocycles. The van der Waals surface area contributed by atoms with E-state index in [9.17, 15) is 4.79 Å². The number of carbonyl (C=O) groups excluding carboxylic acids is 1. The van der Waals surface area contributed by atoms with Crippen LogP contribution < -0.4 is 0 Å². The number of piperidine rings is 1. The Labute approximate surface area is 147 Å². The van der Waals surface area contributed by atoms with Gasteiger partial charge >= 0.3 is 0 Å². The van der Waals surface area contributed by atoms with E-state index in [2.05, 4.69) is 16.7 Å². The van der Waals surface area contributed by atoms with Crippen molar-refractivity contribution in [3.05, 3.63) is 48.9 Å². The largest absolute Gasteiger partial charge is 0.365 e. The molecule has 2 aromatic rings. The zero-order valence-corrected chi connectivity index (χ0v) is 14.4. The third kappa shape index (κ3) is 3.96. The van der Waals surface area contributed by atoms with E-state index in [0.717, 1.165) is 24.8 Å². The first-order valence-electron chi connectivity index (χ1n) is 8.62. The number of ether oxygens (including phenoxy) is 1. The van der Waals surface area contributed by atoms with Gasteiger partial charge in [0.15, 0.2) is 0 Å². The van der Waals surface area contributed by atoms with Gasteiger partial charge in [-0.1, -0.05) is 41.6 Å². The van der Waals surface area contributed by atoms with Gasteiger partial charge in [-0.05, 0) is 26.2 Å². The summed E-state index contributed by atoms with van der Waals surface area (Å²) in [7, 11) is 0. The first kappa shape index (κ1) is 17.4. The highest BCUT2D eigenvalue weighted by Gasteiger charge is 2.34. The number of likely N-dealkylation sites (tertiary alicyclic amines) is 1. The van der Waals surface area contributed by atoms with Crippen LogP contribution in [-0.2, 0) is 9.53 Å². The average Bonchev–Trinajstić information content (AvgIpc) is 3.16. The van der Waals surface area contributed by atoms with E-state index in [-0.39, 0.29) is 11.9 Å². The van der Waals surface area contributed by atoms with Crippen molar-refractivity contribution in [2.75, 3.05) is 13.2 Å². The van der Waals surface area contributed by atoms with E-state index in [4.69, 9.17) is 9.26 Å². The van der Waals surface area contributed by atoms with Gasteiger partial charge in [0.2, 0.25) is 11.7 Å². The summed E-state index contributed by atoms with van der Waals surface area (Å²) < 4.78 is 11.0. The highest BCUT2D eigenvalue weighted by molar-refractivity contribution is 5.81. The quantitative estimate of drug-likeness (QED) is 0.754. The summed E-state index contributed by atoms with van der Waals surface area (Å²) in [5.74, 6) is 0.985. The average molecular weight is 341 g/mol. The van der Waals surface area contributed by atoms with Gasteiger partial charge in [0.05, 0.1) is 6.61 Å². The van der Waals surface area contributed by atoms with Gasteiger partial charge in [0.25, 0.3) is 5.91 Å². The first-order valence-corrected chi connectivity index (χ1v) is 8.62. The van der Waals surface area contributed by atoms with Gasteiger partial charge in [0, 0.05) is 12.1 Å². The Bertz CT molecular complexity index is 714. The number of benzene rings is 1. The van der Waals surface area contributed by atoms with Crippen LogP contribution in [0.4, 0.5) is 0 Å². The second kappa shape index (κ2) is 8.07. The van der Waals surface area contributed by atoms with Crippen molar-refractivity contribution < 1.29 is 14.1 Å². The number of aromatic nitrogens is 2. The van der Waals surface area contributed by atoms with E-state index in [1.807, 2.05) is 30.3 Å². The van der Waals surface area contributed by atoms with Crippen molar-refractivity contribution in [3.63, 3.8) is 0 Å². The van der Waals surface area contributed by atoms with Crippen LogP contribution in [-0.4, -0.2) is 40.2 Å². The zero-order valence-electron chi connectivity index (χ0n) is 14.4. The number of rotatable bonds is 6. The van der Waals surface area contributed by atoms with Crippen LogP contribution in [0.3, 0.4) is 0 Å². The normalized spacial score (nSPS) is 18.8. The highest BCUT2D eigenvalue weighted by atomic mass is 16.5. The molecule has 0 radical (unpaired) electrons. The summed E-state index contributed by atoms with van der Waals surface area (Å²) in [4.78, 5) is 19.1. The van der Waals surface area contributed by atoms with Crippen LogP contribution in [0.1, 0.15) is 38.1 Å². The SMILES string of the molecule is C=CCO[C@H](C)C(=O)N1CCCC[C@H]1c1nc(-c2ccccc2)no1. The molecule has 2 heterocycles. The molecule has 3 rings (SSSR count). The molecule has 1 saturated heterocycles. The van der Waals surface area contributed by atoms with Crippen molar-refractivity contribution in [2.24, 2.45) is 0 Å². The maximum atomic E-state index is 12.7. The summed E-state index contributed by atoms with van der Waals surface area (Å²) >= 11 is 0. The van der Waals surface area contributed by atoms with Crippen molar-refractivity contribution in [3.8, 4) is 11.4 Å². The summed E-state index contributed by atoms with van der Waals surface area (Å²) in [5.41, 5.74) is 0.897. The molecule has 0 spiro atoms. The lowest BCUT2D eigenvalue weighted by atomic mass is 10.0. The number of amides is 1. The molecule has 1 aromatic carbocycles. The molecule has 1 aromatic heterocycles. The molecule has 6 nitrogen and oxygen atoms in total. The standard InChI is InChI=1S/C19H23N3O3/c1-3-13-24-14(2)19(23)22-12-8-7-11-16(22)18-20-17(21-25-18)15-9-5-4-6-10-15/h3-6,9-10,14,16H,1,7-8,11-13H2,2H3/t14-,16+/m1/s1. The molecular weight excluding hydrogens is 318 g/mol. The lowest BCUT2D eigenvalue weighted by molar-refractivity contribution is -0.146. The smallest absolute Gasteiger partial charge is 0.252 e. The molecule has 0 N–H and O–H groups in total. The zero-order chi connectivity index (χ0) is 17.6. The molecule has 1 fully saturated rings. The molecule has 0 aliphatic carbocycles. The number of hydrogen-bond donors (Lipinski definition) is 0. The Morgan fingerprint density at radius 1 is 1.44 bits per heavy atom. The Balaban J connectivity index is 1.78. The molecule has 132 valence electrons. The van der Waals surface area contributed by atoms with Crippen LogP contribution in [0.5, 0.6) is 0 Å². The van der Waals surface area contributed by atoms with Crippen molar-refractivity contribution in [1.29, 1.82) is 0 Å². The van der Waals surface area contributed by atoms with E-state index in [1.165, 1.54) is 0 Å². The lowest BCUT2D eigenvalue weighted by Crippen LogP contribution is -2.44. The molecule has 1 aliphatic rings. The summed E-state index contributed by atoms with van der Waals surface area (Å²) in [6.07, 6.45) is 3.93. The third-order valence-electron chi connectivity index (χ3n) is 4.36. The monoisotopic (exact) mass is 341 g/mol. The molecule has 0 bridgehead atoms. The Morgan fingerprint density at radius 3 is 3.00 bits per heavy atom. The topological polar surface area (TPSA) is 68.5 Å². The highest BCUT2D eigenvalue weighted by Crippen LogP contribution is 2.31. The van der Waals surface area contributed by atoms with Gasteiger partial charge in [-0.25, -0.2) is 0 Å². The van der Waals surface area contributed by atoms with Gasteiger partial charge < -0.3 is 14.2 Å². The van der Waals surface area contributed by atoms with Crippen LogP contribution in [0.2, 0.25) is 0 Å². The van der Waals surface area contributed by atoms with Crippen LogP contribution in [0, 0.1) is 0 Å². The van der Waals surface area contributed by atoms with E-state index in [1.54, 1.807) is 17.9 Å². The van der Waals surface area contributed by atoms with Crippen LogP contribution >= 0.6 is 0 Å². The van der Waals surface area contributed by atoms with Crippen LogP contribution in [0.15, 0.2) is 47.5 Å². The number of nitrogens with zero attached hydrogens (tertiary/aromatic N) is 3. The van der Waals surface area contributed by atoms with Crippen molar-refractivity contribution >= 4 is 5.91 Å². The minimum absolute atomic E-state index is 0.0500. The van der Waals surface area contributed by atoms with Gasteiger partial charge in [-0.3, -0.25) is 4.79 Å². The molecule has 25 heavy (non-hydrogen) atoms. The summed E-state index contributed by atoms with van der Waals surface area (Å²) in [6, 6.07) is 9.48. The predicted molar refractivity (Wildman–Crippen MR) is 93.7 cm³/mol. The third-order valence-corrected chi connectivity index (χ3v) is 4.36. The fraction of sp³-hybridized carbons (Fsp3) is 0.421. The van der Waals surface area contributed by atoms with Gasteiger partial charge in [-0.2, -0.15) is 4.98 Å². The van der Waals surface area contributed by atoms with Crippen molar-refractivity contribution in [2.45, 2.75) is 38.3 Å². The Hall–Kier alpha value is -2.47. The van der Waals surface area contributed by atoms with E-state index >= 15 is 0 Å². The number of hydrogen-bond acceptors (Lipinski definition) is 5. The first-order chi connectivity index (χ1) is 12.2. The van der Waals surface area contributed by atoms with Crippen LogP contribution in [0.25, 0.3) is 11.4 Å². The van der Waals surface area contributed by atoms with E-state index < -0.39 is 6.10 Å². The second-order valence-electron chi connectivity index (χ2n) is 6.13.